The highest BCUT2D eigenvalue weighted by atomic mass is 15.1. The van der Waals surface area contributed by atoms with Crippen LogP contribution in [0.1, 0.15) is 25.0 Å². The summed E-state index contributed by atoms with van der Waals surface area (Å²) in [5.74, 6) is 0. The Hall–Kier alpha value is -3.58. The van der Waals surface area contributed by atoms with Crippen LogP contribution in [-0.2, 0) is 0 Å². The summed E-state index contributed by atoms with van der Waals surface area (Å²) in [6, 6.07) is 39.5. The van der Waals surface area contributed by atoms with Crippen LogP contribution in [0.2, 0.25) is 0 Å². The van der Waals surface area contributed by atoms with Gasteiger partial charge in [-0.25, -0.2) is 0 Å². The lowest BCUT2D eigenvalue weighted by Gasteiger charge is -2.25. The first kappa shape index (κ1) is 22.7. The molecule has 0 bridgehead atoms. The molecule has 0 aliphatic rings. The third kappa shape index (κ3) is 6.79. The van der Waals surface area contributed by atoms with Crippen molar-refractivity contribution in [2.45, 2.75) is 20.8 Å². The van der Waals surface area contributed by atoms with Gasteiger partial charge < -0.3 is 4.90 Å². The first-order valence-corrected chi connectivity index (χ1v) is 10.4. The normalized spacial score (nSPS) is 9.30. The molecule has 0 N–H and O–H groups in total. The fourth-order valence-corrected chi connectivity index (χ4v) is 2.88. The van der Waals surface area contributed by atoms with Gasteiger partial charge in [-0.2, -0.15) is 0 Å². The van der Waals surface area contributed by atoms with Crippen LogP contribution in [0, 0.1) is 6.92 Å². The molecule has 0 saturated carbocycles. The van der Waals surface area contributed by atoms with Crippen molar-refractivity contribution >= 4 is 23.1 Å². The lowest BCUT2D eigenvalue weighted by Crippen LogP contribution is -2.09. The highest BCUT2D eigenvalue weighted by molar-refractivity contribution is 5.76. The van der Waals surface area contributed by atoms with Gasteiger partial charge in [0, 0.05) is 17.1 Å². The van der Waals surface area contributed by atoms with Crippen molar-refractivity contribution in [2.24, 2.45) is 0 Å². The standard InChI is InChI=1S/C18H15N.C9H10.C2H6/c1-4-10-16(11-5-1)19(17-12-6-2-7-13-17)18-14-8-3-9-15-18;1-3-9-6-4-8(2)5-7-9;1-2/h1-15H;3-7H,1H2,2H3;1-2H3. The van der Waals surface area contributed by atoms with Crippen LogP contribution < -0.4 is 4.90 Å². The van der Waals surface area contributed by atoms with Gasteiger partial charge in [0.2, 0.25) is 0 Å². The van der Waals surface area contributed by atoms with Crippen LogP contribution >= 0.6 is 0 Å². The van der Waals surface area contributed by atoms with Crippen molar-refractivity contribution in [1.29, 1.82) is 0 Å². The third-order valence-electron chi connectivity index (χ3n) is 4.36. The highest BCUT2D eigenvalue weighted by Gasteiger charge is 2.10. The van der Waals surface area contributed by atoms with Gasteiger partial charge >= 0.3 is 0 Å². The van der Waals surface area contributed by atoms with Crippen molar-refractivity contribution in [2.75, 3.05) is 4.90 Å². The van der Waals surface area contributed by atoms with E-state index < -0.39 is 0 Å². The Bertz CT molecular complexity index is 865. The van der Waals surface area contributed by atoms with Crippen molar-refractivity contribution < 1.29 is 0 Å². The summed E-state index contributed by atoms with van der Waals surface area (Å²) >= 11 is 0. The molecule has 30 heavy (non-hydrogen) atoms. The summed E-state index contributed by atoms with van der Waals surface area (Å²) in [4.78, 5) is 2.25. The van der Waals surface area contributed by atoms with E-state index in [1.54, 1.807) is 0 Å². The molecule has 0 amide bonds. The lowest BCUT2D eigenvalue weighted by atomic mass is 10.2. The van der Waals surface area contributed by atoms with E-state index in [9.17, 15) is 0 Å². The minimum absolute atomic E-state index is 1.17. The summed E-state index contributed by atoms with van der Waals surface area (Å²) in [7, 11) is 0. The van der Waals surface area contributed by atoms with E-state index in [1.807, 2.05) is 38.1 Å². The number of hydrogen-bond donors (Lipinski definition) is 0. The molecule has 1 heteroatoms. The Morgan fingerprint density at radius 2 is 0.867 bits per heavy atom. The zero-order chi connectivity index (χ0) is 21.6. The minimum Gasteiger partial charge on any atom is -0.311 e. The van der Waals surface area contributed by atoms with Crippen molar-refractivity contribution in [1.82, 2.24) is 0 Å². The van der Waals surface area contributed by atoms with E-state index in [-0.39, 0.29) is 0 Å². The van der Waals surface area contributed by atoms with E-state index >= 15 is 0 Å². The first-order chi connectivity index (χ1) is 14.8. The maximum absolute atomic E-state index is 3.66. The van der Waals surface area contributed by atoms with Gasteiger partial charge in [-0.15, -0.1) is 0 Å². The van der Waals surface area contributed by atoms with Crippen molar-refractivity contribution in [3.05, 3.63) is 133 Å². The molecule has 1 nitrogen and oxygen atoms in total. The highest BCUT2D eigenvalue weighted by Crippen LogP contribution is 2.33. The zero-order valence-corrected chi connectivity index (χ0v) is 18.2. The molecule has 0 spiro atoms. The number of aryl methyl sites for hydroxylation is 1. The molecule has 0 unspecified atom stereocenters. The largest absolute Gasteiger partial charge is 0.311 e. The number of rotatable bonds is 4. The van der Waals surface area contributed by atoms with Gasteiger partial charge in [0.15, 0.2) is 0 Å². The molecular formula is C29H31N. The van der Waals surface area contributed by atoms with Gasteiger partial charge in [-0.1, -0.05) is 111 Å². The second kappa shape index (κ2) is 12.8. The summed E-state index contributed by atoms with van der Waals surface area (Å²) in [5.41, 5.74) is 5.97. The molecule has 0 aromatic heterocycles. The number of benzene rings is 4. The van der Waals surface area contributed by atoms with Gasteiger partial charge in [0.1, 0.15) is 0 Å². The molecule has 4 aromatic rings. The first-order valence-electron chi connectivity index (χ1n) is 10.4. The molecule has 0 aliphatic carbocycles. The molecule has 0 saturated heterocycles. The van der Waals surface area contributed by atoms with Gasteiger partial charge in [-0.05, 0) is 48.9 Å². The van der Waals surface area contributed by atoms with E-state index in [4.69, 9.17) is 0 Å². The quantitative estimate of drug-likeness (QED) is 0.335. The Morgan fingerprint density at radius 1 is 0.533 bits per heavy atom. The molecule has 0 heterocycles. The van der Waals surface area contributed by atoms with Crippen LogP contribution in [0.25, 0.3) is 6.08 Å². The second-order valence-electron chi connectivity index (χ2n) is 6.46. The molecule has 0 aliphatic heterocycles. The molecule has 152 valence electrons. The van der Waals surface area contributed by atoms with Crippen LogP contribution in [0.3, 0.4) is 0 Å². The minimum atomic E-state index is 1.17. The smallest absolute Gasteiger partial charge is 0.0461 e. The van der Waals surface area contributed by atoms with Gasteiger partial charge in [-0.3, -0.25) is 0 Å². The molecule has 4 aromatic carbocycles. The number of hydrogen-bond acceptors (Lipinski definition) is 1. The van der Waals surface area contributed by atoms with Crippen LogP contribution in [0.4, 0.5) is 17.1 Å². The lowest BCUT2D eigenvalue weighted by molar-refractivity contribution is 1.28. The van der Waals surface area contributed by atoms with Gasteiger partial charge in [0.25, 0.3) is 0 Å². The Kier molecular flexibility index (Phi) is 9.68. The topological polar surface area (TPSA) is 3.24 Å². The van der Waals surface area contributed by atoms with Gasteiger partial charge in [0.05, 0.1) is 0 Å². The third-order valence-corrected chi connectivity index (χ3v) is 4.36. The number of anilines is 3. The predicted octanol–water partition coefficient (Wildman–Crippen LogP) is 8.82. The summed E-state index contributed by atoms with van der Waals surface area (Å²) < 4.78 is 0. The number of nitrogens with zero attached hydrogens (tertiary/aromatic N) is 1. The Morgan fingerprint density at radius 3 is 1.17 bits per heavy atom. The van der Waals surface area contributed by atoms with Crippen LogP contribution in [0.15, 0.2) is 122 Å². The van der Waals surface area contributed by atoms with E-state index in [0.29, 0.717) is 0 Å². The summed E-state index contributed by atoms with van der Waals surface area (Å²) in [5, 5.41) is 0. The molecule has 0 fully saturated rings. The second-order valence-corrected chi connectivity index (χ2v) is 6.46. The molecule has 0 atom stereocenters. The van der Waals surface area contributed by atoms with Crippen LogP contribution in [-0.4, -0.2) is 0 Å². The van der Waals surface area contributed by atoms with E-state index in [0.717, 1.165) is 0 Å². The average molecular weight is 394 g/mol. The average Bonchev–Trinajstić information content (AvgIpc) is 2.84. The monoisotopic (exact) mass is 393 g/mol. The molecule has 4 rings (SSSR count). The van der Waals surface area contributed by atoms with Crippen LogP contribution in [0.5, 0.6) is 0 Å². The molecule has 0 radical (unpaired) electrons. The predicted molar refractivity (Wildman–Crippen MR) is 134 cm³/mol. The summed E-state index contributed by atoms with van der Waals surface area (Å²) in [6.45, 7) is 9.74. The van der Waals surface area contributed by atoms with E-state index in [2.05, 4.69) is 115 Å². The van der Waals surface area contributed by atoms with E-state index in [1.165, 1.54) is 28.2 Å². The number of para-hydroxylation sites is 3. The van der Waals surface area contributed by atoms with Crippen molar-refractivity contribution in [3.8, 4) is 0 Å². The summed E-state index contributed by atoms with van der Waals surface area (Å²) in [6.07, 6.45) is 1.85. The Labute approximate surface area is 182 Å². The fourth-order valence-electron chi connectivity index (χ4n) is 2.88. The molecular weight excluding hydrogens is 362 g/mol. The maximum Gasteiger partial charge on any atom is 0.0461 e. The van der Waals surface area contributed by atoms with Crippen molar-refractivity contribution in [3.63, 3.8) is 0 Å². The zero-order valence-electron chi connectivity index (χ0n) is 18.2. The SMILES string of the molecule is C=Cc1ccc(C)cc1.CC.c1ccc(N(c2ccccc2)c2ccccc2)cc1. The fraction of sp³-hybridized carbons (Fsp3) is 0.103. The Balaban J connectivity index is 0.000000245. The maximum atomic E-state index is 3.66.